The summed E-state index contributed by atoms with van der Waals surface area (Å²) in [4.78, 5) is 4.43. The first-order chi connectivity index (χ1) is 10.6. The van der Waals surface area contributed by atoms with Crippen molar-refractivity contribution in [1.29, 1.82) is 0 Å². The van der Waals surface area contributed by atoms with E-state index in [4.69, 9.17) is 8.94 Å². The fourth-order valence-corrected chi connectivity index (χ4v) is 2.12. The quantitative estimate of drug-likeness (QED) is 0.774. The summed E-state index contributed by atoms with van der Waals surface area (Å²) >= 11 is 0. The zero-order valence-corrected chi connectivity index (χ0v) is 12.6. The predicted molar refractivity (Wildman–Crippen MR) is 78.7 cm³/mol. The zero-order chi connectivity index (χ0) is 15.5. The second-order valence-corrected chi connectivity index (χ2v) is 5.09. The van der Waals surface area contributed by atoms with Gasteiger partial charge in [0.05, 0.1) is 12.1 Å². The van der Waals surface area contributed by atoms with E-state index in [1.54, 1.807) is 6.92 Å². The average molecular weight is 299 g/mol. The van der Waals surface area contributed by atoms with Crippen LogP contribution in [-0.4, -0.2) is 20.3 Å². The van der Waals surface area contributed by atoms with Crippen molar-refractivity contribution < 1.29 is 8.94 Å². The Balaban J connectivity index is 1.70. The molecule has 0 fully saturated rings. The van der Waals surface area contributed by atoms with Crippen molar-refractivity contribution in [2.24, 2.45) is 0 Å². The molecule has 3 rings (SSSR count). The number of nitrogens with one attached hydrogen (secondary N) is 1. The van der Waals surface area contributed by atoms with Gasteiger partial charge in [-0.1, -0.05) is 23.4 Å². The minimum absolute atomic E-state index is 0.102. The molecule has 0 saturated carbocycles. The molecule has 1 aromatic carbocycles. The van der Waals surface area contributed by atoms with E-state index in [2.05, 4.69) is 25.7 Å². The molecule has 0 bridgehead atoms. The fraction of sp³-hybridized carbons (Fsp3) is 0.333. The van der Waals surface area contributed by atoms with Gasteiger partial charge in [-0.25, -0.2) is 0 Å². The molecule has 114 valence electrons. The van der Waals surface area contributed by atoms with E-state index in [-0.39, 0.29) is 12.1 Å². The smallest absolute Gasteiger partial charge is 0.257 e. The molecule has 7 nitrogen and oxygen atoms in total. The minimum atomic E-state index is -0.108. The Labute approximate surface area is 127 Å². The summed E-state index contributed by atoms with van der Waals surface area (Å²) in [6, 6.07) is 9.46. The van der Waals surface area contributed by atoms with Gasteiger partial charge in [0, 0.05) is 12.5 Å². The Morgan fingerprint density at radius 3 is 2.50 bits per heavy atom. The Morgan fingerprint density at radius 2 is 1.82 bits per heavy atom. The zero-order valence-electron chi connectivity index (χ0n) is 12.6. The Bertz CT molecular complexity index is 737. The van der Waals surface area contributed by atoms with Crippen LogP contribution in [0.4, 0.5) is 0 Å². The molecule has 22 heavy (non-hydrogen) atoms. The number of rotatable bonds is 5. The molecule has 0 amide bonds. The predicted octanol–water partition coefficient (Wildman–Crippen LogP) is 2.84. The maximum atomic E-state index is 5.41. The number of aromatic nitrogens is 4. The van der Waals surface area contributed by atoms with E-state index in [0.29, 0.717) is 23.5 Å². The van der Waals surface area contributed by atoms with Crippen LogP contribution in [0.3, 0.4) is 0 Å². The molecule has 0 unspecified atom stereocenters. The molecule has 0 aliphatic heterocycles. The van der Waals surface area contributed by atoms with Crippen molar-refractivity contribution in [2.75, 3.05) is 0 Å². The lowest BCUT2D eigenvalue weighted by molar-refractivity contribution is 0.362. The van der Waals surface area contributed by atoms with Gasteiger partial charge in [0.25, 0.3) is 5.89 Å². The molecule has 2 aromatic heterocycles. The summed E-state index contributed by atoms with van der Waals surface area (Å²) in [5, 5.41) is 15.2. The number of hydrogen-bond donors (Lipinski definition) is 1. The van der Waals surface area contributed by atoms with E-state index in [9.17, 15) is 0 Å². The molecule has 1 N–H and O–H groups in total. The van der Waals surface area contributed by atoms with Gasteiger partial charge in [0.2, 0.25) is 11.8 Å². The molecule has 7 heteroatoms. The molecule has 0 spiro atoms. The highest BCUT2D eigenvalue weighted by Crippen LogP contribution is 2.21. The van der Waals surface area contributed by atoms with Crippen LogP contribution in [0, 0.1) is 6.92 Å². The standard InChI is InChI=1S/C15H17N5O2/c1-9(16-10(2)14-19-18-11(3)21-14)13-17-15(22-20-13)12-7-5-4-6-8-12/h4-10,16H,1-3H3/t9-,10-/m1/s1. The lowest BCUT2D eigenvalue weighted by Gasteiger charge is -2.13. The van der Waals surface area contributed by atoms with Crippen LogP contribution in [0.5, 0.6) is 0 Å². The largest absolute Gasteiger partial charge is 0.424 e. The molecule has 2 heterocycles. The maximum absolute atomic E-state index is 5.41. The van der Waals surface area contributed by atoms with E-state index in [0.717, 1.165) is 5.56 Å². The van der Waals surface area contributed by atoms with E-state index < -0.39 is 0 Å². The van der Waals surface area contributed by atoms with Crippen molar-refractivity contribution in [1.82, 2.24) is 25.7 Å². The summed E-state index contributed by atoms with van der Waals surface area (Å²) in [5.74, 6) is 2.17. The van der Waals surface area contributed by atoms with Crippen LogP contribution in [0.15, 0.2) is 39.3 Å². The molecule has 3 aromatic rings. The summed E-state index contributed by atoms with van der Waals surface area (Å²) in [5.41, 5.74) is 0.897. The second kappa shape index (κ2) is 6.07. The van der Waals surface area contributed by atoms with Crippen molar-refractivity contribution in [2.45, 2.75) is 32.9 Å². The topological polar surface area (TPSA) is 89.9 Å². The summed E-state index contributed by atoms with van der Waals surface area (Å²) in [6.07, 6.45) is 0. The highest BCUT2D eigenvalue weighted by atomic mass is 16.5. The van der Waals surface area contributed by atoms with Gasteiger partial charge >= 0.3 is 0 Å². The van der Waals surface area contributed by atoms with Gasteiger partial charge in [0.1, 0.15) is 0 Å². The van der Waals surface area contributed by atoms with Crippen molar-refractivity contribution >= 4 is 0 Å². The van der Waals surface area contributed by atoms with Gasteiger partial charge in [-0.05, 0) is 26.0 Å². The summed E-state index contributed by atoms with van der Waals surface area (Å²) in [7, 11) is 0. The van der Waals surface area contributed by atoms with Crippen molar-refractivity contribution in [3.8, 4) is 11.5 Å². The lowest BCUT2D eigenvalue weighted by atomic mass is 10.2. The van der Waals surface area contributed by atoms with E-state index in [1.807, 2.05) is 44.2 Å². The second-order valence-electron chi connectivity index (χ2n) is 5.09. The normalized spacial score (nSPS) is 14.0. The summed E-state index contributed by atoms with van der Waals surface area (Å²) < 4.78 is 10.7. The fourth-order valence-electron chi connectivity index (χ4n) is 2.12. The third kappa shape index (κ3) is 3.04. The molecule has 2 atom stereocenters. The van der Waals surface area contributed by atoms with Crippen LogP contribution in [-0.2, 0) is 0 Å². The van der Waals surface area contributed by atoms with Crippen molar-refractivity contribution in [3.05, 3.63) is 47.9 Å². The Hall–Kier alpha value is -2.54. The number of aryl methyl sites for hydroxylation is 1. The maximum Gasteiger partial charge on any atom is 0.257 e. The molecule has 0 aliphatic rings. The molecule has 0 radical (unpaired) electrons. The van der Waals surface area contributed by atoms with Crippen LogP contribution < -0.4 is 5.32 Å². The van der Waals surface area contributed by atoms with Crippen molar-refractivity contribution in [3.63, 3.8) is 0 Å². The first kappa shape index (κ1) is 14.4. The first-order valence-electron chi connectivity index (χ1n) is 7.08. The van der Waals surface area contributed by atoms with Gasteiger partial charge < -0.3 is 8.94 Å². The highest BCUT2D eigenvalue weighted by molar-refractivity contribution is 5.52. The highest BCUT2D eigenvalue weighted by Gasteiger charge is 2.20. The van der Waals surface area contributed by atoms with Gasteiger partial charge in [-0.15, -0.1) is 10.2 Å². The van der Waals surface area contributed by atoms with Crippen LogP contribution in [0.1, 0.15) is 43.5 Å². The third-order valence-electron chi connectivity index (χ3n) is 3.26. The van der Waals surface area contributed by atoms with Crippen LogP contribution in [0.2, 0.25) is 0 Å². The molecule has 0 saturated heterocycles. The third-order valence-corrected chi connectivity index (χ3v) is 3.26. The van der Waals surface area contributed by atoms with Gasteiger partial charge in [-0.2, -0.15) is 4.98 Å². The average Bonchev–Trinajstić information content (AvgIpc) is 3.17. The lowest BCUT2D eigenvalue weighted by Crippen LogP contribution is -2.23. The molecule has 0 aliphatic carbocycles. The Morgan fingerprint density at radius 1 is 1.05 bits per heavy atom. The van der Waals surface area contributed by atoms with Crippen LogP contribution in [0.25, 0.3) is 11.5 Å². The van der Waals surface area contributed by atoms with Gasteiger partial charge in [-0.3, -0.25) is 5.32 Å². The molecular formula is C15H17N5O2. The summed E-state index contributed by atoms with van der Waals surface area (Å²) in [6.45, 7) is 5.67. The minimum Gasteiger partial charge on any atom is -0.424 e. The van der Waals surface area contributed by atoms with Gasteiger partial charge in [0.15, 0.2) is 5.82 Å². The Kier molecular flexibility index (Phi) is 3.97. The van der Waals surface area contributed by atoms with E-state index in [1.165, 1.54) is 0 Å². The first-order valence-corrected chi connectivity index (χ1v) is 7.08. The number of benzene rings is 1. The monoisotopic (exact) mass is 299 g/mol. The SMILES string of the molecule is Cc1nnc([C@@H](C)N[C@H](C)c2noc(-c3ccccc3)n2)o1. The number of hydrogen-bond acceptors (Lipinski definition) is 7. The van der Waals surface area contributed by atoms with Crippen LogP contribution >= 0.6 is 0 Å². The van der Waals surface area contributed by atoms with E-state index >= 15 is 0 Å². The molecular weight excluding hydrogens is 282 g/mol. The number of nitrogens with zero attached hydrogens (tertiary/aromatic N) is 4.